The van der Waals surface area contributed by atoms with Crippen molar-refractivity contribution in [3.8, 4) is 0 Å². The SMILES string of the molecule is CCCC(N)CC(=O)NC(C)C(=O)NCC. The highest BCUT2D eigenvalue weighted by atomic mass is 16.2. The van der Waals surface area contributed by atoms with E-state index in [4.69, 9.17) is 5.73 Å². The van der Waals surface area contributed by atoms with Crippen LogP contribution in [0.5, 0.6) is 0 Å². The minimum absolute atomic E-state index is 0.119. The molecule has 5 nitrogen and oxygen atoms in total. The predicted octanol–water partition coefficient (Wildman–Crippen LogP) is 0.145. The van der Waals surface area contributed by atoms with Gasteiger partial charge in [0.15, 0.2) is 0 Å². The third-order valence-electron chi connectivity index (χ3n) is 2.23. The summed E-state index contributed by atoms with van der Waals surface area (Å²) in [6, 6.07) is -0.618. The highest BCUT2D eigenvalue weighted by molar-refractivity contribution is 5.87. The van der Waals surface area contributed by atoms with Crippen molar-refractivity contribution in [2.24, 2.45) is 5.73 Å². The summed E-state index contributed by atoms with van der Waals surface area (Å²) in [4.78, 5) is 22.8. The number of nitrogens with two attached hydrogens (primary N) is 1. The van der Waals surface area contributed by atoms with Gasteiger partial charge in [0, 0.05) is 19.0 Å². The van der Waals surface area contributed by atoms with Crippen LogP contribution < -0.4 is 16.4 Å². The van der Waals surface area contributed by atoms with E-state index < -0.39 is 6.04 Å². The Labute approximate surface area is 97.2 Å². The van der Waals surface area contributed by atoms with Gasteiger partial charge >= 0.3 is 0 Å². The lowest BCUT2D eigenvalue weighted by atomic mass is 10.1. The van der Waals surface area contributed by atoms with E-state index in [1.165, 1.54) is 0 Å². The minimum atomic E-state index is -0.499. The van der Waals surface area contributed by atoms with Gasteiger partial charge in [-0.25, -0.2) is 0 Å². The maximum absolute atomic E-state index is 11.5. The smallest absolute Gasteiger partial charge is 0.242 e. The first-order chi connectivity index (χ1) is 7.51. The van der Waals surface area contributed by atoms with Crippen LogP contribution in [0.25, 0.3) is 0 Å². The first kappa shape index (κ1) is 14.9. The second kappa shape index (κ2) is 8.10. The average molecular weight is 229 g/mol. The van der Waals surface area contributed by atoms with Gasteiger partial charge in [0.05, 0.1) is 0 Å². The summed E-state index contributed by atoms with van der Waals surface area (Å²) in [5.41, 5.74) is 5.73. The van der Waals surface area contributed by atoms with Gasteiger partial charge in [-0.15, -0.1) is 0 Å². The van der Waals surface area contributed by atoms with Crippen LogP contribution in [-0.2, 0) is 9.59 Å². The normalized spacial score (nSPS) is 14.0. The summed E-state index contributed by atoms with van der Waals surface area (Å²) in [5.74, 6) is -0.334. The molecule has 0 saturated heterocycles. The van der Waals surface area contributed by atoms with E-state index in [0.717, 1.165) is 12.8 Å². The fourth-order valence-electron chi connectivity index (χ4n) is 1.40. The van der Waals surface area contributed by atoms with E-state index >= 15 is 0 Å². The number of nitrogens with one attached hydrogen (secondary N) is 2. The van der Waals surface area contributed by atoms with E-state index in [-0.39, 0.29) is 24.3 Å². The molecule has 0 aliphatic carbocycles. The Balaban J connectivity index is 3.90. The first-order valence-corrected chi connectivity index (χ1v) is 5.83. The molecule has 0 aliphatic heterocycles. The second-order valence-electron chi connectivity index (χ2n) is 3.94. The van der Waals surface area contributed by atoms with E-state index in [2.05, 4.69) is 10.6 Å². The van der Waals surface area contributed by atoms with Gasteiger partial charge < -0.3 is 16.4 Å². The number of carbonyl (C=O) groups excluding carboxylic acids is 2. The maximum Gasteiger partial charge on any atom is 0.242 e. The van der Waals surface area contributed by atoms with Gasteiger partial charge in [-0.2, -0.15) is 0 Å². The average Bonchev–Trinajstić information content (AvgIpc) is 2.17. The van der Waals surface area contributed by atoms with Gasteiger partial charge in [-0.05, 0) is 20.3 Å². The quantitative estimate of drug-likeness (QED) is 0.581. The number of amides is 2. The van der Waals surface area contributed by atoms with Crippen LogP contribution in [0, 0.1) is 0 Å². The van der Waals surface area contributed by atoms with E-state index in [0.29, 0.717) is 6.54 Å². The van der Waals surface area contributed by atoms with Gasteiger partial charge in [0.1, 0.15) is 6.04 Å². The van der Waals surface area contributed by atoms with Gasteiger partial charge in [-0.1, -0.05) is 13.3 Å². The van der Waals surface area contributed by atoms with Crippen molar-refractivity contribution in [1.82, 2.24) is 10.6 Å². The van der Waals surface area contributed by atoms with Crippen LogP contribution in [-0.4, -0.2) is 30.4 Å². The molecule has 0 bridgehead atoms. The molecule has 2 unspecified atom stereocenters. The number of carbonyl (C=O) groups is 2. The van der Waals surface area contributed by atoms with Crippen LogP contribution in [0.2, 0.25) is 0 Å². The molecule has 2 atom stereocenters. The summed E-state index contributed by atoms with van der Waals surface area (Å²) in [6.07, 6.45) is 2.06. The van der Waals surface area contributed by atoms with Crippen LogP contribution in [0.1, 0.15) is 40.0 Å². The Morgan fingerprint density at radius 1 is 1.31 bits per heavy atom. The lowest BCUT2D eigenvalue weighted by Crippen LogP contribution is -2.45. The topological polar surface area (TPSA) is 84.2 Å². The molecule has 0 aromatic heterocycles. The second-order valence-corrected chi connectivity index (χ2v) is 3.94. The van der Waals surface area contributed by atoms with Crippen LogP contribution >= 0.6 is 0 Å². The third-order valence-corrected chi connectivity index (χ3v) is 2.23. The van der Waals surface area contributed by atoms with Crippen LogP contribution in [0.3, 0.4) is 0 Å². The Morgan fingerprint density at radius 3 is 2.44 bits per heavy atom. The van der Waals surface area contributed by atoms with Crippen molar-refractivity contribution in [3.05, 3.63) is 0 Å². The Morgan fingerprint density at radius 2 is 1.94 bits per heavy atom. The zero-order valence-corrected chi connectivity index (χ0v) is 10.4. The molecule has 0 radical (unpaired) electrons. The van der Waals surface area contributed by atoms with Crippen molar-refractivity contribution < 1.29 is 9.59 Å². The molecule has 16 heavy (non-hydrogen) atoms. The maximum atomic E-state index is 11.5. The lowest BCUT2D eigenvalue weighted by molar-refractivity contribution is -0.128. The number of likely N-dealkylation sites (N-methyl/N-ethyl adjacent to an activating group) is 1. The van der Waals surface area contributed by atoms with Crippen molar-refractivity contribution in [1.29, 1.82) is 0 Å². The molecule has 0 fully saturated rings. The zero-order valence-electron chi connectivity index (χ0n) is 10.4. The van der Waals surface area contributed by atoms with E-state index in [9.17, 15) is 9.59 Å². The summed E-state index contributed by atoms with van der Waals surface area (Å²) >= 11 is 0. The highest BCUT2D eigenvalue weighted by Crippen LogP contribution is 1.98. The first-order valence-electron chi connectivity index (χ1n) is 5.83. The Hall–Kier alpha value is -1.10. The summed E-state index contributed by atoms with van der Waals surface area (Å²) in [6.45, 7) is 6.08. The highest BCUT2D eigenvalue weighted by Gasteiger charge is 2.16. The fourth-order valence-corrected chi connectivity index (χ4v) is 1.40. The van der Waals surface area contributed by atoms with Crippen molar-refractivity contribution in [2.75, 3.05) is 6.54 Å². The van der Waals surface area contributed by atoms with Crippen molar-refractivity contribution >= 4 is 11.8 Å². The predicted molar refractivity (Wildman–Crippen MR) is 63.8 cm³/mol. The number of hydrogen-bond donors (Lipinski definition) is 3. The van der Waals surface area contributed by atoms with Gasteiger partial charge in [0.25, 0.3) is 0 Å². The number of rotatable bonds is 7. The van der Waals surface area contributed by atoms with Crippen molar-refractivity contribution in [2.45, 2.75) is 52.1 Å². The van der Waals surface area contributed by atoms with Crippen LogP contribution in [0.4, 0.5) is 0 Å². The molecule has 0 spiro atoms. The largest absolute Gasteiger partial charge is 0.355 e. The van der Waals surface area contributed by atoms with Crippen molar-refractivity contribution in [3.63, 3.8) is 0 Å². The number of hydrogen-bond acceptors (Lipinski definition) is 3. The molecule has 0 aromatic rings. The molecule has 0 rings (SSSR count). The lowest BCUT2D eigenvalue weighted by Gasteiger charge is -2.15. The molecule has 0 aliphatic rings. The minimum Gasteiger partial charge on any atom is -0.355 e. The Bertz CT molecular complexity index is 231. The fraction of sp³-hybridized carbons (Fsp3) is 0.818. The monoisotopic (exact) mass is 229 g/mol. The molecule has 5 heteroatoms. The zero-order chi connectivity index (χ0) is 12.6. The molecule has 0 saturated carbocycles. The molecule has 4 N–H and O–H groups in total. The summed E-state index contributed by atoms with van der Waals surface area (Å²) in [7, 11) is 0. The summed E-state index contributed by atoms with van der Waals surface area (Å²) in [5, 5.41) is 5.27. The molecule has 94 valence electrons. The van der Waals surface area contributed by atoms with Crippen LogP contribution in [0.15, 0.2) is 0 Å². The molecule has 0 heterocycles. The van der Waals surface area contributed by atoms with Gasteiger partial charge in [-0.3, -0.25) is 9.59 Å². The summed E-state index contributed by atoms with van der Waals surface area (Å²) < 4.78 is 0. The molecule has 0 aromatic carbocycles. The molecular formula is C11H23N3O2. The molecule has 2 amide bonds. The third kappa shape index (κ3) is 6.40. The standard InChI is InChI=1S/C11H23N3O2/c1-4-6-9(12)7-10(15)14-8(3)11(16)13-5-2/h8-9H,4-7,12H2,1-3H3,(H,13,16)(H,14,15). The van der Waals surface area contributed by atoms with E-state index in [1.807, 2.05) is 13.8 Å². The molecular weight excluding hydrogens is 206 g/mol. The Kier molecular flexibility index (Phi) is 7.54. The van der Waals surface area contributed by atoms with Gasteiger partial charge in [0.2, 0.25) is 11.8 Å². The van der Waals surface area contributed by atoms with E-state index in [1.54, 1.807) is 6.92 Å².